The molecule has 164 valence electrons. The second-order valence-electron chi connectivity index (χ2n) is 8.09. The number of carbonyl (C=O) groups excluding carboxylic acids is 2. The molecule has 1 amide bonds. The van der Waals surface area contributed by atoms with Gasteiger partial charge in [0.05, 0.1) is 6.61 Å². The van der Waals surface area contributed by atoms with Gasteiger partial charge in [-0.3, -0.25) is 9.79 Å². The summed E-state index contributed by atoms with van der Waals surface area (Å²) in [5.74, 6) is 0.852. The number of esters is 1. The minimum atomic E-state index is -0.516. The minimum Gasteiger partial charge on any atom is -0.466 e. The first-order valence-electron chi connectivity index (χ1n) is 10.1. The average molecular weight is 401 g/mol. The predicted octanol–water partition coefficient (Wildman–Crippen LogP) is 2.78. The van der Waals surface area contributed by atoms with Crippen molar-refractivity contribution in [2.24, 2.45) is 10.9 Å². The molecule has 0 saturated heterocycles. The largest absolute Gasteiger partial charge is 0.466 e. The van der Waals surface area contributed by atoms with Gasteiger partial charge in [-0.05, 0) is 46.5 Å². The van der Waals surface area contributed by atoms with E-state index >= 15 is 0 Å². The number of amides is 1. The summed E-state index contributed by atoms with van der Waals surface area (Å²) in [5.41, 5.74) is -0.516. The normalized spacial score (nSPS) is 13.1. The van der Waals surface area contributed by atoms with Gasteiger partial charge in [-0.1, -0.05) is 13.8 Å². The zero-order chi connectivity index (χ0) is 21.7. The quantitative estimate of drug-likeness (QED) is 0.254. The molecule has 0 rings (SSSR count). The van der Waals surface area contributed by atoms with E-state index in [1.54, 1.807) is 14.0 Å². The van der Waals surface area contributed by atoms with Crippen LogP contribution >= 0.6 is 0 Å². The summed E-state index contributed by atoms with van der Waals surface area (Å²) in [4.78, 5) is 29.7. The van der Waals surface area contributed by atoms with Crippen LogP contribution < -0.4 is 10.6 Å². The maximum Gasteiger partial charge on any atom is 0.407 e. The number of nitrogens with zero attached hydrogens (tertiary/aromatic N) is 2. The fraction of sp³-hybridized carbons (Fsp3) is 0.850. The van der Waals surface area contributed by atoms with Gasteiger partial charge < -0.3 is 25.0 Å². The predicted molar refractivity (Wildman–Crippen MR) is 112 cm³/mol. The van der Waals surface area contributed by atoms with Crippen LogP contribution in [0.4, 0.5) is 4.79 Å². The Bertz CT molecular complexity index is 501. The van der Waals surface area contributed by atoms with Crippen molar-refractivity contribution in [3.8, 4) is 0 Å². The molecule has 0 bridgehead atoms. The molecule has 1 unspecified atom stereocenters. The second-order valence-corrected chi connectivity index (χ2v) is 8.09. The third-order valence-corrected chi connectivity index (χ3v) is 4.00. The number of guanidine groups is 1. The summed E-state index contributed by atoms with van der Waals surface area (Å²) in [6.07, 6.45) is 1.43. The maximum absolute atomic E-state index is 12.1. The van der Waals surface area contributed by atoms with E-state index in [4.69, 9.17) is 9.47 Å². The van der Waals surface area contributed by atoms with Gasteiger partial charge in [0.15, 0.2) is 5.96 Å². The third-order valence-electron chi connectivity index (χ3n) is 4.00. The smallest absolute Gasteiger partial charge is 0.407 e. The zero-order valence-corrected chi connectivity index (χ0v) is 18.9. The fourth-order valence-electron chi connectivity index (χ4n) is 2.52. The molecule has 8 heteroatoms. The van der Waals surface area contributed by atoms with Crippen molar-refractivity contribution >= 4 is 18.0 Å². The molecule has 0 aromatic rings. The average Bonchev–Trinajstić information content (AvgIpc) is 2.56. The van der Waals surface area contributed by atoms with Crippen LogP contribution in [0.2, 0.25) is 0 Å². The molecule has 0 heterocycles. The summed E-state index contributed by atoms with van der Waals surface area (Å²) in [6.45, 7) is 13.3. The summed E-state index contributed by atoms with van der Waals surface area (Å²) in [7, 11) is 3.68. The summed E-state index contributed by atoms with van der Waals surface area (Å²) < 4.78 is 10.3. The molecule has 0 spiro atoms. The zero-order valence-electron chi connectivity index (χ0n) is 18.9. The Balaban J connectivity index is 4.44. The molecule has 0 fully saturated rings. The molecule has 0 aromatic heterocycles. The maximum atomic E-state index is 12.1. The monoisotopic (exact) mass is 400 g/mol. The summed E-state index contributed by atoms with van der Waals surface area (Å²) >= 11 is 0. The van der Waals surface area contributed by atoms with Crippen molar-refractivity contribution in [3.05, 3.63) is 0 Å². The molecule has 28 heavy (non-hydrogen) atoms. The molecule has 0 radical (unpaired) electrons. The van der Waals surface area contributed by atoms with Gasteiger partial charge in [-0.25, -0.2) is 4.79 Å². The van der Waals surface area contributed by atoms with Crippen LogP contribution in [0.1, 0.15) is 60.8 Å². The highest BCUT2D eigenvalue weighted by Crippen LogP contribution is 2.11. The Morgan fingerprint density at radius 2 is 1.86 bits per heavy atom. The van der Waals surface area contributed by atoms with E-state index in [0.29, 0.717) is 26.0 Å². The van der Waals surface area contributed by atoms with Gasteiger partial charge in [-0.15, -0.1) is 0 Å². The third kappa shape index (κ3) is 12.4. The van der Waals surface area contributed by atoms with Crippen LogP contribution in [0.5, 0.6) is 0 Å². The Morgan fingerprint density at radius 1 is 1.21 bits per heavy atom. The fourth-order valence-corrected chi connectivity index (χ4v) is 2.52. The highest BCUT2D eigenvalue weighted by molar-refractivity contribution is 5.79. The Hall–Kier alpha value is -1.99. The Kier molecular flexibility index (Phi) is 12.3. The molecular formula is C20H40N4O4. The number of hydrogen-bond donors (Lipinski definition) is 2. The lowest BCUT2D eigenvalue weighted by Gasteiger charge is -2.28. The SMILES string of the molecule is CCOC(=O)CCCNC(=NC)N(C)CCC(NC(=O)OC(C)(C)C)C(C)C. The number of alkyl carbamates (subject to hydrolysis) is 1. The van der Waals surface area contributed by atoms with E-state index in [9.17, 15) is 9.59 Å². The molecule has 0 saturated carbocycles. The standard InChI is InChI=1S/C20H40N4O4/c1-9-27-17(25)11-10-13-22-18(21-7)24(8)14-12-16(15(2)3)23-19(26)28-20(4,5)6/h15-16H,9-14H2,1-8H3,(H,21,22)(H,23,26). The van der Waals surface area contributed by atoms with Crippen LogP contribution in [-0.4, -0.2) is 68.4 Å². The lowest BCUT2D eigenvalue weighted by molar-refractivity contribution is -0.143. The van der Waals surface area contributed by atoms with Crippen molar-refractivity contribution in [1.82, 2.24) is 15.5 Å². The van der Waals surface area contributed by atoms with Gasteiger partial charge >= 0.3 is 12.1 Å². The summed E-state index contributed by atoms with van der Waals surface area (Å²) in [6, 6.07) is -0.000722. The number of ether oxygens (including phenoxy) is 2. The molecule has 2 N–H and O–H groups in total. The number of hydrogen-bond acceptors (Lipinski definition) is 5. The first-order chi connectivity index (χ1) is 13.0. The number of nitrogens with one attached hydrogen (secondary N) is 2. The highest BCUT2D eigenvalue weighted by atomic mass is 16.6. The van der Waals surface area contributed by atoms with E-state index < -0.39 is 11.7 Å². The second kappa shape index (κ2) is 13.2. The molecule has 0 aliphatic rings. The van der Waals surface area contributed by atoms with Crippen LogP contribution in [0.15, 0.2) is 4.99 Å². The Labute approximate surface area is 170 Å². The lowest BCUT2D eigenvalue weighted by atomic mass is 10.0. The topological polar surface area (TPSA) is 92.3 Å². The van der Waals surface area contributed by atoms with Gasteiger partial charge in [0.25, 0.3) is 0 Å². The van der Waals surface area contributed by atoms with Crippen molar-refractivity contribution in [1.29, 1.82) is 0 Å². The molecule has 0 aliphatic carbocycles. The Morgan fingerprint density at radius 3 is 2.36 bits per heavy atom. The van der Waals surface area contributed by atoms with Crippen LogP contribution in [0.25, 0.3) is 0 Å². The van der Waals surface area contributed by atoms with Gasteiger partial charge in [0, 0.05) is 39.6 Å². The molecule has 0 aromatic carbocycles. The van der Waals surface area contributed by atoms with E-state index in [0.717, 1.165) is 18.9 Å². The van der Waals surface area contributed by atoms with Gasteiger partial charge in [0.1, 0.15) is 5.60 Å². The van der Waals surface area contributed by atoms with E-state index in [2.05, 4.69) is 29.5 Å². The van der Waals surface area contributed by atoms with E-state index in [1.807, 2.05) is 32.7 Å². The van der Waals surface area contributed by atoms with Crippen molar-refractivity contribution in [2.75, 3.05) is 33.8 Å². The van der Waals surface area contributed by atoms with Crippen LogP contribution in [0, 0.1) is 5.92 Å². The van der Waals surface area contributed by atoms with E-state index in [1.165, 1.54) is 0 Å². The highest BCUT2D eigenvalue weighted by Gasteiger charge is 2.22. The van der Waals surface area contributed by atoms with Gasteiger partial charge in [0.2, 0.25) is 0 Å². The summed E-state index contributed by atoms with van der Waals surface area (Å²) in [5, 5.41) is 6.21. The van der Waals surface area contributed by atoms with Crippen LogP contribution in [-0.2, 0) is 14.3 Å². The number of carbonyl (C=O) groups is 2. The molecule has 8 nitrogen and oxygen atoms in total. The number of rotatable bonds is 10. The molecule has 1 atom stereocenters. The van der Waals surface area contributed by atoms with Crippen LogP contribution in [0.3, 0.4) is 0 Å². The van der Waals surface area contributed by atoms with E-state index in [-0.39, 0.29) is 17.9 Å². The first kappa shape index (κ1) is 26.0. The first-order valence-corrected chi connectivity index (χ1v) is 10.1. The molecule has 0 aliphatic heterocycles. The van der Waals surface area contributed by atoms with Crippen molar-refractivity contribution in [2.45, 2.75) is 72.4 Å². The lowest BCUT2D eigenvalue weighted by Crippen LogP contribution is -2.45. The van der Waals surface area contributed by atoms with Gasteiger partial charge in [-0.2, -0.15) is 0 Å². The van der Waals surface area contributed by atoms with Crippen molar-refractivity contribution in [3.63, 3.8) is 0 Å². The number of aliphatic imine (C=N–C) groups is 1. The van der Waals surface area contributed by atoms with Crippen molar-refractivity contribution < 1.29 is 19.1 Å². The molecular weight excluding hydrogens is 360 g/mol. The minimum absolute atomic E-state index is 0.000722.